The van der Waals surface area contributed by atoms with E-state index in [1.165, 1.54) is 6.07 Å². The molecule has 0 bridgehead atoms. The second-order valence-electron chi connectivity index (χ2n) is 7.52. The predicted molar refractivity (Wildman–Crippen MR) is 136 cm³/mol. The Morgan fingerprint density at radius 1 is 0.676 bits per heavy atom. The van der Waals surface area contributed by atoms with Crippen molar-refractivity contribution in [3.8, 4) is 17.2 Å². The normalized spacial score (nSPS) is 11.7. The molecule has 174 valence electrons. The maximum Gasteiger partial charge on any atom is 0.133 e. The number of hydrogen-bond donors (Lipinski definition) is 3. The summed E-state index contributed by atoms with van der Waals surface area (Å²) in [5, 5.41) is 29.2. The van der Waals surface area contributed by atoms with Gasteiger partial charge in [-0.1, -0.05) is 36.4 Å². The van der Waals surface area contributed by atoms with Crippen LogP contribution in [0.5, 0.6) is 17.2 Å². The van der Waals surface area contributed by atoms with Crippen LogP contribution in [0.4, 0.5) is 0 Å². The third-order valence-corrected chi connectivity index (χ3v) is 4.96. The Balaban J connectivity index is 1.53. The fraction of sp³-hybridized carbons (Fsp3) is 0.222. The van der Waals surface area contributed by atoms with Crippen molar-refractivity contribution in [3.05, 3.63) is 89.5 Å². The minimum absolute atomic E-state index is 0.124. The third-order valence-electron chi connectivity index (χ3n) is 4.96. The summed E-state index contributed by atoms with van der Waals surface area (Å²) in [6.07, 6.45) is 5.06. The number of nitrogens with zero attached hydrogens (tertiary/aromatic N) is 4. The molecule has 0 aliphatic rings. The molecular weight excluding hydrogens is 428 g/mol. The van der Waals surface area contributed by atoms with Crippen molar-refractivity contribution in [2.75, 3.05) is 39.3 Å². The van der Waals surface area contributed by atoms with Crippen LogP contribution in [0.15, 0.2) is 75.6 Å². The van der Waals surface area contributed by atoms with Crippen molar-refractivity contribution >= 4 is 18.6 Å². The Morgan fingerprint density at radius 3 is 2.00 bits per heavy atom. The van der Waals surface area contributed by atoms with Crippen molar-refractivity contribution in [2.45, 2.75) is 0 Å². The van der Waals surface area contributed by atoms with E-state index in [9.17, 15) is 15.3 Å². The smallest absolute Gasteiger partial charge is 0.133 e. The summed E-state index contributed by atoms with van der Waals surface area (Å²) in [4.78, 5) is 15.5. The molecule has 7 nitrogen and oxygen atoms in total. The topological polar surface area (TPSA) is 101 Å². The lowest BCUT2D eigenvalue weighted by atomic mass is 10.2. The van der Waals surface area contributed by atoms with Crippen LogP contribution < -0.4 is 0 Å². The Bertz CT molecular complexity index is 1070. The molecule has 7 heteroatoms. The number of rotatable bonds is 12. The summed E-state index contributed by atoms with van der Waals surface area (Å²) < 4.78 is 0. The molecule has 0 saturated carbocycles. The van der Waals surface area contributed by atoms with Gasteiger partial charge in [0.15, 0.2) is 0 Å². The molecular formula is C27H28N4O3. The van der Waals surface area contributed by atoms with E-state index >= 15 is 0 Å². The molecule has 0 radical (unpaired) electrons. The number of aromatic hydroxyl groups is 3. The number of phenols is 2. The van der Waals surface area contributed by atoms with E-state index in [0.717, 1.165) is 12.1 Å². The molecule has 0 aromatic heterocycles. The first kappa shape index (κ1) is 24.5. The minimum Gasteiger partial charge on any atom is -0.508 e. The summed E-state index contributed by atoms with van der Waals surface area (Å²) >= 11 is 0. The van der Waals surface area contributed by atoms with Crippen LogP contribution in [0, 0.1) is 12.1 Å². The van der Waals surface area contributed by atoms with Crippen LogP contribution in [0.3, 0.4) is 0 Å². The molecule has 3 N–H and O–H groups in total. The average Bonchev–Trinajstić information content (AvgIpc) is 2.83. The zero-order valence-electron chi connectivity index (χ0n) is 18.9. The summed E-state index contributed by atoms with van der Waals surface area (Å²) in [6.45, 7) is 3.84. The van der Waals surface area contributed by atoms with Crippen LogP contribution >= 0.6 is 0 Å². The van der Waals surface area contributed by atoms with Gasteiger partial charge in [0.1, 0.15) is 17.2 Å². The largest absolute Gasteiger partial charge is 0.508 e. The molecule has 3 aromatic rings. The van der Waals surface area contributed by atoms with Crippen molar-refractivity contribution in [1.82, 2.24) is 4.90 Å². The zero-order chi connectivity index (χ0) is 24.0. The van der Waals surface area contributed by atoms with Crippen LogP contribution in [0.1, 0.15) is 16.7 Å². The van der Waals surface area contributed by atoms with E-state index < -0.39 is 0 Å². The Hall–Kier alpha value is -4.15. The number of phenolic OH excluding ortho intramolecular Hbond substituents is 2. The van der Waals surface area contributed by atoms with Gasteiger partial charge >= 0.3 is 0 Å². The van der Waals surface area contributed by atoms with E-state index in [0.29, 0.717) is 43.9 Å². The Kier molecular flexibility index (Phi) is 9.66. The summed E-state index contributed by atoms with van der Waals surface area (Å²) in [7, 11) is 0. The Morgan fingerprint density at radius 2 is 1.32 bits per heavy atom. The zero-order valence-corrected chi connectivity index (χ0v) is 18.9. The molecule has 0 amide bonds. The van der Waals surface area contributed by atoms with E-state index in [2.05, 4.69) is 32.0 Å². The van der Waals surface area contributed by atoms with Gasteiger partial charge in [-0.3, -0.25) is 19.9 Å². The van der Waals surface area contributed by atoms with E-state index in [1.54, 1.807) is 55.0 Å². The molecule has 0 aliphatic heterocycles. The van der Waals surface area contributed by atoms with Gasteiger partial charge in [-0.15, -0.1) is 0 Å². The van der Waals surface area contributed by atoms with Gasteiger partial charge in [0, 0.05) is 61.5 Å². The molecule has 0 heterocycles. The summed E-state index contributed by atoms with van der Waals surface area (Å²) in [6, 6.07) is 22.6. The minimum atomic E-state index is 0.124. The fourth-order valence-electron chi connectivity index (χ4n) is 3.12. The highest BCUT2D eigenvalue weighted by atomic mass is 16.3. The van der Waals surface area contributed by atoms with Gasteiger partial charge in [-0.25, -0.2) is 0 Å². The number of aliphatic imine (C=N–C) groups is 3. The highest BCUT2D eigenvalue weighted by Gasteiger charge is 2.04. The van der Waals surface area contributed by atoms with Crippen molar-refractivity contribution in [2.24, 2.45) is 15.0 Å². The van der Waals surface area contributed by atoms with Gasteiger partial charge in [0.25, 0.3) is 0 Å². The molecule has 0 unspecified atom stereocenters. The van der Waals surface area contributed by atoms with Crippen LogP contribution in [0.2, 0.25) is 0 Å². The standard InChI is InChI=1S/C27H28N4O3/c32-25-9-5-6-22(18-25)19-28-12-15-31(16-13-29-20-23-7-1-3-10-26(23)33)17-14-30-21-24-8-2-4-11-27(24)34/h1,3,5-11,18-21,32-34H,12-17H2/b28-19+,29-20+,30-21+. The lowest BCUT2D eigenvalue weighted by molar-refractivity contribution is 0.298. The maximum atomic E-state index is 9.86. The highest BCUT2D eigenvalue weighted by Crippen LogP contribution is 2.13. The molecule has 3 rings (SSSR count). The maximum absolute atomic E-state index is 9.86. The number of para-hydroxylation sites is 1. The second kappa shape index (κ2) is 13.4. The van der Waals surface area contributed by atoms with Crippen molar-refractivity contribution < 1.29 is 15.3 Å². The molecule has 0 atom stereocenters. The summed E-state index contributed by atoms with van der Waals surface area (Å²) in [5.41, 5.74) is 2.14. The highest BCUT2D eigenvalue weighted by molar-refractivity contribution is 5.83. The lowest BCUT2D eigenvalue weighted by Crippen LogP contribution is -2.31. The van der Waals surface area contributed by atoms with E-state index in [-0.39, 0.29) is 17.2 Å². The van der Waals surface area contributed by atoms with Crippen LogP contribution in [-0.2, 0) is 0 Å². The average molecular weight is 457 g/mol. The van der Waals surface area contributed by atoms with E-state index in [1.807, 2.05) is 18.2 Å². The molecule has 0 saturated heterocycles. The lowest BCUT2D eigenvalue weighted by Gasteiger charge is -2.19. The first-order valence-corrected chi connectivity index (χ1v) is 11.0. The Labute approximate surface area is 200 Å². The second-order valence-corrected chi connectivity index (χ2v) is 7.52. The van der Waals surface area contributed by atoms with Crippen molar-refractivity contribution in [3.63, 3.8) is 0 Å². The fourth-order valence-corrected chi connectivity index (χ4v) is 3.12. The van der Waals surface area contributed by atoms with Gasteiger partial charge < -0.3 is 15.3 Å². The molecule has 0 fully saturated rings. The molecule has 3 aromatic carbocycles. The van der Waals surface area contributed by atoms with Crippen LogP contribution in [-0.4, -0.2) is 78.1 Å². The number of hydrogen-bond acceptors (Lipinski definition) is 7. The third kappa shape index (κ3) is 8.41. The van der Waals surface area contributed by atoms with E-state index in [4.69, 9.17) is 0 Å². The predicted octanol–water partition coefficient (Wildman–Crippen LogP) is 3.36. The molecule has 34 heavy (non-hydrogen) atoms. The number of benzene rings is 2. The van der Waals surface area contributed by atoms with Crippen LogP contribution in [0.25, 0.3) is 0 Å². The monoisotopic (exact) mass is 456 g/mol. The van der Waals surface area contributed by atoms with Gasteiger partial charge in [0.05, 0.1) is 19.6 Å². The van der Waals surface area contributed by atoms with Gasteiger partial charge in [0.2, 0.25) is 0 Å². The van der Waals surface area contributed by atoms with Gasteiger partial charge in [-0.2, -0.15) is 0 Å². The first-order chi connectivity index (χ1) is 16.6. The molecule has 0 spiro atoms. The SMILES string of the molecule is Oc1cccc(/C=N/CCN(CC/N=C/c2cc#ccc2O)CC/N=C/c2ccccc2O)c1. The quantitative estimate of drug-likeness (QED) is 0.364. The molecule has 0 aliphatic carbocycles. The van der Waals surface area contributed by atoms with Crippen molar-refractivity contribution in [1.29, 1.82) is 0 Å². The summed E-state index contributed by atoms with van der Waals surface area (Å²) in [5.74, 6) is 0.544. The first-order valence-electron chi connectivity index (χ1n) is 11.0. The van der Waals surface area contributed by atoms with Gasteiger partial charge in [-0.05, 0) is 29.8 Å².